The topological polar surface area (TPSA) is 21.3 Å². The number of hydrogen-bond donors (Lipinski definition) is 1. The van der Waals surface area contributed by atoms with E-state index in [-0.39, 0.29) is 0 Å². The Balaban J connectivity index is 2.46. The predicted octanol–water partition coefficient (Wildman–Crippen LogP) is 3.97. The molecule has 0 aliphatic heterocycles. The summed E-state index contributed by atoms with van der Waals surface area (Å²) in [5.41, 5.74) is 1.16. The zero-order valence-electron chi connectivity index (χ0n) is 11.3. The van der Waals surface area contributed by atoms with E-state index < -0.39 is 0 Å². The van der Waals surface area contributed by atoms with Crippen molar-refractivity contribution >= 4 is 23.4 Å². The molecule has 0 saturated heterocycles. The van der Waals surface area contributed by atoms with Gasteiger partial charge in [0.05, 0.1) is 0 Å². The average Bonchev–Trinajstić information content (AvgIpc) is 2.33. The van der Waals surface area contributed by atoms with E-state index in [0.717, 1.165) is 35.9 Å². The van der Waals surface area contributed by atoms with Crippen LogP contribution in [0.4, 0.5) is 0 Å². The zero-order chi connectivity index (χ0) is 13.4. The molecule has 102 valence electrons. The molecule has 0 bridgehead atoms. The van der Waals surface area contributed by atoms with Crippen LogP contribution in [-0.2, 0) is 11.3 Å². The quantitative estimate of drug-likeness (QED) is 0.577. The first kappa shape index (κ1) is 15.8. The van der Waals surface area contributed by atoms with E-state index in [0.29, 0.717) is 6.04 Å². The molecule has 0 aromatic heterocycles. The van der Waals surface area contributed by atoms with Crippen LogP contribution < -0.4 is 5.32 Å². The van der Waals surface area contributed by atoms with Gasteiger partial charge in [-0.1, -0.05) is 31.5 Å². The minimum Gasteiger partial charge on any atom is -0.385 e. The van der Waals surface area contributed by atoms with Gasteiger partial charge >= 0.3 is 0 Å². The summed E-state index contributed by atoms with van der Waals surface area (Å²) in [4.78, 5) is 1.23. The number of methoxy groups -OCH3 is 1. The third-order valence-corrected chi connectivity index (χ3v) is 3.92. The van der Waals surface area contributed by atoms with Gasteiger partial charge in [0.25, 0.3) is 0 Å². The van der Waals surface area contributed by atoms with Crippen molar-refractivity contribution in [3.63, 3.8) is 0 Å². The lowest BCUT2D eigenvalue weighted by Gasteiger charge is -2.10. The van der Waals surface area contributed by atoms with Gasteiger partial charge in [-0.15, -0.1) is 11.8 Å². The lowest BCUT2D eigenvalue weighted by Crippen LogP contribution is -2.21. The van der Waals surface area contributed by atoms with Crippen molar-refractivity contribution in [2.24, 2.45) is 0 Å². The number of benzene rings is 1. The molecule has 1 rings (SSSR count). The number of ether oxygens (including phenoxy) is 1. The second kappa shape index (κ2) is 8.81. The van der Waals surface area contributed by atoms with Crippen LogP contribution >= 0.6 is 23.4 Å². The van der Waals surface area contributed by atoms with E-state index in [1.165, 1.54) is 4.90 Å². The third kappa shape index (κ3) is 6.10. The maximum Gasteiger partial charge on any atom is 0.0470 e. The van der Waals surface area contributed by atoms with Crippen molar-refractivity contribution in [3.05, 3.63) is 28.8 Å². The van der Waals surface area contributed by atoms with Crippen LogP contribution in [0, 0.1) is 0 Å². The largest absolute Gasteiger partial charge is 0.385 e. The van der Waals surface area contributed by atoms with Gasteiger partial charge in [-0.2, -0.15) is 0 Å². The van der Waals surface area contributed by atoms with Crippen molar-refractivity contribution in [2.45, 2.75) is 37.8 Å². The third-order valence-electron chi connectivity index (χ3n) is 2.49. The maximum absolute atomic E-state index is 6.27. The molecule has 18 heavy (non-hydrogen) atoms. The van der Waals surface area contributed by atoms with Gasteiger partial charge in [0.1, 0.15) is 0 Å². The summed E-state index contributed by atoms with van der Waals surface area (Å²) in [6.45, 7) is 5.91. The summed E-state index contributed by atoms with van der Waals surface area (Å²) < 4.78 is 5.03. The highest BCUT2D eigenvalue weighted by atomic mass is 35.5. The van der Waals surface area contributed by atoms with E-state index in [1.54, 1.807) is 7.11 Å². The van der Waals surface area contributed by atoms with Crippen molar-refractivity contribution in [3.8, 4) is 0 Å². The van der Waals surface area contributed by atoms with E-state index >= 15 is 0 Å². The van der Waals surface area contributed by atoms with Crippen LogP contribution in [0.15, 0.2) is 23.1 Å². The fourth-order valence-corrected chi connectivity index (χ4v) is 2.64. The standard InChI is InChI=1S/C14H22ClNOS/c1-11(2)16-10-12-5-6-13(9-14(12)15)18-8-4-7-17-3/h5-6,9,11,16H,4,7-8,10H2,1-3H3. The molecule has 0 amide bonds. The summed E-state index contributed by atoms with van der Waals surface area (Å²) in [6.07, 6.45) is 1.06. The van der Waals surface area contributed by atoms with E-state index in [4.69, 9.17) is 16.3 Å². The molecule has 0 radical (unpaired) electrons. The second-order valence-corrected chi connectivity index (χ2v) is 6.06. The van der Waals surface area contributed by atoms with Crippen molar-refractivity contribution < 1.29 is 4.74 Å². The van der Waals surface area contributed by atoms with Crippen LogP contribution in [0.3, 0.4) is 0 Å². The van der Waals surface area contributed by atoms with Crippen LogP contribution in [-0.4, -0.2) is 25.5 Å². The number of hydrogen-bond acceptors (Lipinski definition) is 3. The minimum atomic E-state index is 0.476. The van der Waals surface area contributed by atoms with Gasteiger partial charge in [0.15, 0.2) is 0 Å². The molecular formula is C14H22ClNOS. The first-order valence-electron chi connectivity index (χ1n) is 6.27. The molecule has 0 spiro atoms. The maximum atomic E-state index is 6.27. The molecule has 1 aromatic carbocycles. The highest BCUT2D eigenvalue weighted by Gasteiger charge is 2.03. The Morgan fingerprint density at radius 1 is 1.39 bits per heavy atom. The zero-order valence-corrected chi connectivity index (χ0v) is 12.9. The number of rotatable bonds is 8. The van der Waals surface area contributed by atoms with Gasteiger partial charge in [-0.25, -0.2) is 0 Å². The highest BCUT2D eigenvalue weighted by molar-refractivity contribution is 7.99. The van der Waals surface area contributed by atoms with Crippen LogP contribution in [0.2, 0.25) is 5.02 Å². The Hall–Kier alpha value is -0.220. The van der Waals surface area contributed by atoms with Gasteiger partial charge in [0, 0.05) is 42.0 Å². The molecule has 0 aliphatic carbocycles. The Morgan fingerprint density at radius 2 is 2.17 bits per heavy atom. The number of thioether (sulfide) groups is 1. The van der Waals surface area contributed by atoms with Gasteiger partial charge < -0.3 is 10.1 Å². The Bertz CT molecular complexity index is 358. The SMILES string of the molecule is COCCCSc1ccc(CNC(C)C)c(Cl)c1. The Labute approximate surface area is 119 Å². The lowest BCUT2D eigenvalue weighted by atomic mass is 10.2. The first-order chi connectivity index (χ1) is 8.63. The molecule has 0 aliphatic rings. The summed E-state index contributed by atoms with van der Waals surface area (Å²) in [5, 5.41) is 4.22. The molecule has 2 nitrogen and oxygen atoms in total. The van der Waals surface area contributed by atoms with Gasteiger partial charge in [-0.3, -0.25) is 0 Å². The molecule has 0 unspecified atom stereocenters. The summed E-state index contributed by atoms with van der Waals surface area (Å²) in [6, 6.07) is 6.78. The number of halogens is 1. The van der Waals surface area contributed by atoms with Crippen LogP contribution in [0.25, 0.3) is 0 Å². The molecule has 0 atom stereocenters. The normalized spacial score (nSPS) is 11.2. The van der Waals surface area contributed by atoms with Crippen molar-refractivity contribution in [2.75, 3.05) is 19.5 Å². The Morgan fingerprint density at radius 3 is 2.78 bits per heavy atom. The van der Waals surface area contributed by atoms with Gasteiger partial charge in [-0.05, 0) is 24.1 Å². The molecule has 4 heteroatoms. The van der Waals surface area contributed by atoms with Crippen molar-refractivity contribution in [1.29, 1.82) is 0 Å². The fraction of sp³-hybridized carbons (Fsp3) is 0.571. The number of nitrogens with one attached hydrogen (secondary N) is 1. The first-order valence-corrected chi connectivity index (χ1v) is 7.63. The van der Waals surface area contributed by atoms with Crippen molar-refractivity contribution in [1.82, 2.24) is 5.32 Å². The molecule has 0 saturated carbocycles. The predicted molar refractivity (Wildman–Crippen MR) is 80.6 cm³/mol. The van der Waals surface area contributed by atoms with Crippen LogP contribution in [0.5, 0.6) is 0 Å². The lowest BCUT2D eigenvalue weighted by molar-refractivity contribution is 0.200. The fourth-order valence-electron chi connectivity index (χ4n) is 1.47. The molecule has 1 N–H and O–H groups in total. The molecule has 1 aromatic rings. The Kier molecular flexibility index (Phi) is 7.75. The van der Waals surface area contributed by atoms with E-state index in [1.807, 2.05) is 11.8 Å². The van der Waals surface area contributed by atoms with Crippen LogP contribution in [0.1, 0.15) is 25.8 Å². The second-order valence-electron chi connectivity index (χ2n) is 4.48. The highest BCUT2D eigenvalue weighted by Crippen LogP contribution is 2.25. The molecular weight excluding hydrogens is 266 g/mol. The molecule has 0 fully saturated rings. The average molecular weight is 288 g/mol. The smallest absolute Gasteiger partial charge is 0.0470 e. The summed E-state index contributed by atoms with van der Waals surface area (Å²) in [7, 11) is 1.73. The van der Waals surface area contributed by atoms with E-state index in [2.05, 4.69) is 37.4 Å². The van der Waals surface area contributed by atoms with Gasteiger partial charge in [0.2, 0.25) is 0 Å². The monoisotopic (exact) mass is 287 g/mol. The van der Waals surface area contributed by atoms with E-state index in [9.17, 15) is 0 Å². The molecule has 0 heterocycles. The summed E-state index contributed by atoms with van der Waals surface area (Å²) in [5.74, 6) is 1.06. The minimum absolute atomic E-state index is 0.476. The summed E-state index contributed by atoms with van der Waals surface area (Å²) >= 11 is 8.10.